The Morgan fingerprint density at radius 1 is 1.11 bits per heavy atom. The number of benzene rings is 1. The second-order valence-corrected chi connectivity index (χ2v) is 4.98. The highest BCUT2D eigenvalue weighted by Crippen LogP contribution is 2.43. The zero-order valence-corrected chi connectivity index (χ0v) is 10.3. The topological polar surface area (TPSA) is 33.1 Å². The van der Waals surface area contributed by atoms with Crippen LogP contribution in [0.1, 0.15) is 41.6 Å². The summed E-state index contributed by atoms with van der Waals surface area (Å²) in [6, 6.07) is 12.2. The Labute approximate surface area is 107 Å². The summed E-state index contributed by atoms with van der Waals surface area (Å²) in [6.45, 7) is 0. The second-order valence-electron chi connectivity index (χ2n) is 4.98. The first-order valence-corrected chi connectivity index (χ1v) is 6.50. The number of hydrogen-bond donors (Lipinski definition) is 1. The first kappa shape index (κ1) is 11.4. The van der Waals surface area contributed by atoms with E-state index < -0.39 is 6.10 Å². The van der Waals surface area contributed by atoms with Crippen LogP contribution >= 0.6 is 0 Å². The highest BCUT2D eigenvalue weighted by atomic mass is 16.3. The molecule has 1 aromatic carbocycles. The minimum Gasteiger partial charge on any atom is -0.388 e. The smallest absolute Gasteiger partial charge is 0.0833 e. The Hall–Kier alpha value is -1.67. The molecule has 1 atom stereocenters. The van der Waals surface area contributed by atoms with E-state index in [2.05, 4.69) is 23.2 Å². The van der Waals surface area contributed by atoms with Gasteiger partial charge in [0.25, 0.3) is 0 Å². The van der Waals surface area contributed by atoms with Crippen LogP contribution in [0.4, 0.5) is 0 Å². The highest BCUT2D eigenvalue weighted by Gasteiger charge is 2.27. The van der Waals surface area contributed by atoms with Crippen LogP contribution in [0.15, 0.2) is 48.8 Å². The molecule has 2 nitrogen and oxygen atoms in total. The van der Waals surface area contributed by atoms with Crippen LogP contribution in [-0.4, -0.2) is 10.1 Å². The van der Waals surface area contributed by atoms with E-state index in [-0.39, 0.29) is 0 Å². The quantitative estimate of drug-likeness (QED) is 0.888. The molecule has 1 fully saturated rings. The first-order valence-electron chi connectivity index (χ1n) is 6.50. The van der Waals surface area contributed by atoms with E-state index in [1.807, 2.05) is 18.2 Å². The van der Waals surface area contributed by atoms with E-state index in [1.54, 1.807) is 12.4 Å². The molecule has 92 valence electrons. The summed E-state index contributed by atoms with van der Waals surface area (Å²) >= 11 is 0. The normalized spacial score (nSPS) is 16.5. The largest absolute Gasteiger partial charge is 0.388 e. The maximum absolute atomic E-state index is 10.4. The Balaban J connectivity index is 1.82. The molecular formula is C16H17NO. The summed E-state index contributed by atoms with van der Waals surface area (Å²) in [5.41, 5.74) is 3.55. The molecule has 0 bridgehead atoms. The number of hydrogen-bond acceptors (Lipinski definition) is 2. The third-order valence-corrected chi connectivity index (χ3v) is 3.55. The molecule has 1 aromatic heterocycles. The number of aromatic nitrogens is 1. The molecule has 2 heteroatoms. The molecule has 1 heterocycles. The van der Waals surface area contributed by atoms with E-state index >= 15 is 0 Å². The van der Waals surface area contributed by atoms with Gasteiger partial charge in [0.05, 0.1) is 6.10 Å². The molecule has 0 spiro atoms. The van der Waals surface area contributed by atoms with Crippen molar-refractivity contribution in [3.05, 3.63) is 65.5 Å². The van der Waals surface area contributed by atoms with Crippen LogP contribution < -0.4 is 0 Å². The van der Waals surface area contributed by atoms with Gasteiger partial charge in [-0.05, 0) is 47.6 Å². The van der Waals surface area contributed by atoms with Crippen LogP contribution in [-0.2, 0) is 6.42 Å². The fourth-order valence-corrected chi connectivity index (χ4v) is 2.43. The molecule has 1 aliphatic carbocycles. The summed E-state index contributed by atoms with van der Waals surface area (Å²) in [5, 5.41) is 10.4. The summed E-state index contributed by atoms with van der Waals surface area (Å²) in [7, 11) is 0. The van der Waals surface area contributed by atoms with Crippen LogP contribution in [0.3, 0.4) is 0 Å². The van der Waals surface area contributed by atoms with Crippen LogP contribution in [0.5, 0.6) is 0 Å². The summed E-state index contributed by atoms with van der Waals surface area (Å²) < 4.78 is 0. The van der Waals surface area contributed by atoms with E-state index in [0.717, 1.165) is 11.1 Å². The number of rotatable bonds is 4. The average molecular weight is 239 g/mol. The van der Waals surface area contributed by atoms with Gasteiger partial charge in [0.2, 0.25) is 0 Å². The van der Waals surface area contributed by atoms with Crippen molar-refractivity contribution in [3.63, 3.8) is 0 Å². The van der Waals surface area contributed by atoms with Crippen molar-refractivity contribution in [2.45, 2.75) is 31.3 Å². The van der Waals surface area contributed by atoms with Crippen molar-refractivity contribution in [2.24, 2.45) is 0 Å². The predicted octanol–water partition coefficient (Wildman–Crippen LogP) is 3.24. The lowest BCUT2D eigenvalue weighted by atomic mass is 9.95. The standard InChI is InChI=1S/C16H17NO/c18-16(11-12-7-9-17-10-8-12)15-4-2-1-3-14(15)13-5-6-13/h1-4,7-10,13,16,18H,5-6,11H2. The third kappa shape index (κ3) is 2.44. The van der Waals surface area contributed by atoms with Crippen molar-refractivity contribution in [2.75, 3.05) is 0 Å². The van der Waals surface area contributed by atoms with Gasteiger partial charge in [0, 0.05) is 18.8 Å². The van der Waals surface area contributed by atoms with E-state index in [0.29, 0.717) is 12.3 Å². The minimum absolute atomic E-state index is 0.413. The van der Waals surface area contributed by atoms with Gasteiger partial charge in [0.1, 0.15) is 0 Å². The van der Waals surface area contributed by atoms with Crippen LogP contribution in [0, 0.1) is 0 Å². The molecule has 0 aliphatic heterocycles. The number of aliphatic hydroxyl groups excluding tert-OH is 1. The Morgan fingerprint density at radius 3 is 2.56 bits per heavy atom. The first-order chi connectivity index (χ1) is 8.84. The van der Waals surface area contributed by atoms with Gasteiger partial charge < -0.3 is 5.11 Å². The molecule has 1 aliphatic rings. The molecule has 1 N–H and O–H groups in total. The minimum atomic E-state index is -0.413. The monoisotopic (exact) mass is 239 g/mol. The molecule has 3 rings (SSSR count). The Morgan fingerprint density at radius 2 is 1.83 bits per heavy atom. The molecule has 18 heavy (non-hydrogen) atoms. The van der Waals surface area contributed by atoms with Gasteiger partial charge in [-0.2, -0.15) is 0 Å². The second kappa shape index (κ2) is 4.91. The number of nitrogens with zero attached hydrogens (tertiary/aromatic N) is 1. The lowest BCUT2D eigenvalue weighted by Gasteiger charge is -2.15. The molecule has 1 saturated carbocycles. The van der Waals surface area contributed by atoms with Crippen molar-refractivity contribution < 1.29 is 5.11 Å². The lowest BCUT2D eigenvalue weighted by Crippen LogP contribution is -2.05. The summed E-state index contributed by atoms with van der Waals surface area (Å²) in [4.78, 5) is 4.00. The Bertz CT molecular complexity index is 520. The molecule has 0 saturated heterocycles. The van der Waals surface area contributed by atoms with E-state index in [1.165, 1.54) is 18.4 Å². The van der Waals surface area contributed by atoms with Gasteiger partial charge in [-0.15, -0.1) is 0 Å². The molecule has 1 unspecified atom stereocenters. The fourth-order valence-electron chi connectivity index (χ4n) is 2.43. The maximum atomic E-state index is 10.4. The van der Waals surface area contributed by atoms with E-state index in [9.17, 15) is 5.11 Å². The van der Waals surface area contributed by atoms with Gasteiger partial charge >= 0.3 is 0 Å². The molecule has 0 amide bonds. The average Bonchev–Trinajstić information content (AvgIpc) is 3.24. The van der Waals surface area contributed by atoms with Gasteiger partial charge in [-0.1, -0.05) is 24.3 Å². The fraction of sp³-hybridized carbons (Fsp3) is 0.312. The number of aliphatic hydroxyl groups is 1. The molecular weight excluding hydrogens is 222 g/mol. The zero-order chi connectivity index (χ0) is 12.4. The number of pyridine rings is 1. The van der Waals surface area contributed by atoms with Crippen molar-refractivity contribution in [3.8, 4) is 0 Å². The maximum Gasteiger partial charge on any atom is 0.0833 e. The Kier molecular flexibility index (Phi) is 3.11. The predicted molar refractivity (Wildman–Crippen MR) is 71.3 cm³/mol. The lowest BCUT2D eigenvalue weighted by molar-refractivity contribution is 0.177. The summed E-state index contributed by atoms with van der Waals surface area (Å²) in [6.07, 6.45) is 6.32. The SMILES string of the molecule is OC(Cc1ccncc1)c1ccccc1C1CC1. The zero-order valence-electron chi connectivity index (χ0n) is 10.3. The van der Waals surface area contributed by atoms with E-state index in [4.69, 9.17) is 0 Å². The highest BCUT2D eigenvalue weighted by molar-refractivity contribution is 5.35. The van der Waals surface area contributed by atoms with Crippen molar-refractivity contribution in [1.82, 2.24) is 4.98 Å². The van der Waals surface area contributed by atoms with Gasteiger partial charge in [-0.3, -0.25) is 4.98 Å². The molecule has 2 aromatic rings. The van der Waals surface area contributed by atoms with Gasteiger partial charge in [-0.25, -0.2) is 0 Å². The summed E-state index contributed by atoms with van der Waals surface area (Å²) in [5.74, 6) is 0.674. The van der Waals surface area contributed by atoms with Crippen LogP contribution in [0.2, 0.25) is 0 Å². The third-order valence-electron chi connectivity index (χ3n) is 3.55. The molecule has 0 radical (unpaired) electrons. The van der Waals surface area contributed by atoms with Crippen molar-refractivity contribution >= 4 is 0 Å². The van der Waals surface area contributed by atoms with Crippen molar-refractivity contribution in [1.29, 1.82) is 0 Å². The van der Waals surface area contributed by atoms with Gasteiger partial charge in [0.15, 0.2) is 0 Å². The van der Waals surface area contributed by atoms with Crippen LogP contribution in [0.25, 0.3) is 0 Å².